The molecule has 18 heavy (non-hydrogen) atoms. The predicted molar refractivity (Wildman–Crippen MR) is 67.5 cm³/mol. The number of halogens is 1. The minimum atomic E-state index is -0.366. The summed E-state index contributed by atoms with van der Waals surface area (Å²) in [5.74, 6) is -0.366. The number of aromatic nitrogens is 3. The van der Waals surface area contributed by atoms with Crippen molar-refractivity contribution in [3.63, 3.8) is 0 Å². The van der Waals surface area contributed by atoms with E-state index >= 15 is 0 Å². The molecule has 0 unspecified atom stereocenters. The molecule has 0 saturated heterocycles. The number of aryl methyl sites for hydroxylation is 1. The Bertz CT molecular complexity index is 713. The second-order valence-corrected chi connectivity index (χ2v) is 4.16. The van der Waals surface area contributed by atoms with E-state index in [1.165, 1.54) is 12.1 Å². The topological polar surface area (TPSA) is 56.2 Å². The highest BCUT2D eigenvalue weighted by atomic mass is 19.1. The molecule has 0 bridgehead atoms. The van der Waals surface area contributed by atoms with E-state index in [1.807, 2.05) is 13.0 Å². The van der Waals surface area contributed by atoms with E-state index in [0.717, 1.165) is 11.3 Å². The lowest BCUT2D eigenvalue weighted by Gasteiger charge is -2.04. The zero-order chi connectivity index (χ0) is 12.7. The predicted octanol–water partition coefficient (Wildman–Crippen LogP) is 2.43. The quantitative estimate of drug-likeness (QED) is 0.667. The molecule has 3 aromatic rings. The molecule has 0 atom stereocenters. The molecule has 0 radical (unpaired) electrons. The van der Waals surface area contributed by atoms with Crippen molar-refractivity contribution in [1.29, 1.82) is 0 Å². The molecule has 3 rings (SSSR count). The summed E-state index contributed by atoms with van der Waals surface area (Å²) in [6, 6.07) is 8.04. The van der Waals surface area contributed by atoms with Crippen molar-refractivity contribution in [1.82, 2.24) is 14.6 Å². The molecule has 0 aliphatic rings. The monoisotopic (exact) mass is 242 g/mol. The molecule has 0 aliphatic carbocycles. The van der Waals surface area contributed by atoms with Gasteiger partial charge < -0.3 is 5.73 Å². The standard InChI is InChI=1S/C13H11FN4/c1-8-7-16-13-3-2-12(17-18(8)13)9-4-10(14)6-11(15)5-9/h2-7H,15H2,1H3. The molecule has 1 aromatic carbocycles. The normalized spacial score (nSPS) is 11.0. The Morgan fingerprint density at radius 1 is 1.22 bits per heavy atom. The third-order valence-electron chi connectivity index (χ3n) is 2.75. The van der Waals surface area contributed by atoms with Gasteiger partial charge in [-0.2, -0.15) is 5.10 Å². The van der Waals surface area contributed by atoms with Crippen molar-refractivity contribution >= 4 is 11.3 Å². The summed E-state index contributed by atoms with van der Waals surface area (Å²) in [5, 5.41) is 4.42. The van der Waals surface area contributed by atoms with E-state index in [4.69, 9.17) is 5.73 Å². The molecule has 0 fully saturated rings. The van der Waals surface area contributed by atoms with E-state index in [2.05, 4.69) is 10.1 Å². The van der Waals surface area contributed by atoms with Crippen LogP contribution in [0.15, 0.2) is 36.5 Å². The number of nitrogens with zero attached hydrogens (tertiary/aromatic N) is 3. The second kappa shape index (κ2) is 3.80. The highest BCUT2D eigenvalue weighted by molar-refractivity contribution is 5.65. The number of hydrogen-bond acceptors (Lipinski definition) is 3. The molecule has 0 aliphatic heterocycles. The zero-order valence-corrected chi connectivity index (χ0v) is 9.76. The number of benzene rings is 1. The van der Waals surface area contributed by atoms with Gasteiger partial charge in [-0.3, -0.25) is 0 Å². The molecule has 2 heterocycles. The molecule has 4 nitrogen and oxygen atoms in total. The van der Waals surface area contributed by atoms with Gasteiger partial charge in [0, 0.05) is 11.3 Å². The molecule has 90 valence electrons. The summed E-state index contributed by atoms with van der Waals surface area (Å²) < 4.78 is 15.0. The first-order chi connectivity index (χ1) is 8.63. The van der Waals surface area contributed by atoms with Crippen LogP contribution in [0, 0.1) is 12.7 Å². The maximum atomic E-state index is 13.3. The fourth-order valence-corrected chi connectivity index (χ4v) is 1.90. The smallest absolute Gasteiger partial charge is 0.153 e. The van der Waals surface area contributed by atoms with E-state index < -0.39 is 0 Å². The minimum Gasteiger partial charge on any atom is -0.399 e. The van der Waals surface area contributed by atoms with Crippen molar-refractivity contribution in [3.8, 4) is 11.3 Å². The molecule has 5 heteroatoms. The number of imidazole rings is 1. The van der Waals surface area contributed by atoms with Crippen LogP contribution in [0.4, 0.5) is 10.1 Å². The van der Waals surface area contributed by atoms with Crippen LogP contribution in [0.25, 0.3) is 16.9 Å². The Morgan fingerprint density at radius 2 is 2.06 bits per heavy atom. The van der Waals surface area contributed by atoms with Crippen molar-refractivity contribution in [3.05, 3.63) is 48.0 Å². The Labute approximate surface area is 103 Å². The van der Waals surface area contributed by atoms with Gasteiger partial charge in [-0.05, 0) is 37.3 Å². The van der Waals surface area contributed by atoms with Crippen LogP contribution in [0.1, 0.15) is 5.69 Å². The zero-order valence-electron chi connectivity index (χ0n) is 9.76. The summed E-state index contributed by atoms with van der Waals surface area (Å²) in [5.41, 5.74) is 9.02. The van der Waals surface area contributed by atoms with E-state index in [9.17, 15) is 4.39 Å². The van der Waals surface area contributed by atoms with E-state index in [-0.39, 0.29) is 5.82 Å². The van der Waals surface area contributed by atoms with Gasteiger partial charge >= 0.3 is 0 Å². The summed E-state index contributed by atoms with van der Waals surface area (Å²) in [6.07, 6.45) is 1.74. The van der Waals surface area contributed by atoms with Gasteiger partial charge in [0.1, 0.15) is 5.82 Å². The molecular weight excluding hydrogens is 231 g/mol. The van der Waals surface area contributed by atoms with Crippen LogP contribution in [-0.2, 0) is 0 Å². The van der Waals surface area contributed by atoms with Gasteiger partial charge in [-0.15, -0.1) is 0 Å². The second-order valence-electron chi connectivity index (χ2n) is 4.16. The maximum Gasteiger partial charge on any atom is 0.153 e. The lowest BCUT2D eigenvalue weighted by Crippen LogP contribution is -1.97. The first kappa shape index (κ1) is 10.7. The fourth-order valence-electron chi connectivity index (χ4n) is 1.90. The van der Waals surface area contributed by atoms with Crippen LogP contribution in [0.2, 0.25) is 0 Å². The summed E-state index contributed by atoms with van der Waals surface area (Å²) in [6.45, 7) is 1.91. The van der Waals surface area contributed by atoms with Crippen molar-refractivity contribution < 1.29 is 4.39 Å². The number of anilines is 1. The van der Waals surface area contributed by atoms with Crippen molar-refractivity contribution in [2.45, 2.75) is 6.92 Å². The molecular formula is C13H11FN4. The third kappa shape index (κ3) is 1.69. The fraction of sp³-hybridized carbons (Fsp3) is 0.0769. The third-order valence-corrected chi connectivity index (χ3v) is 2.75. The number of fused-ring (bicyclic) bond motifs is 1. The van der Waals surface area contributed by atoms with Gasteiger partial charge in [0.2, 0.25) is 0 Å². The van der Waals surface area contributed by atoms with E-state index in [0.29, 0.717) is 16.9 Å². The number of hydrogen-bond donors (Lipinski definition) is 1. The van der Waals surface area contributed by atoms with Crippen LogP contribution >= 0.6 is 0 Å². The average Bonchev–Trinajstić information content (AvgIpc) is 2.69. The number of nitrogens with two attached hydrogens (primary N) is 1. The van der Waals surface area contributed by atoms with Gasteiger partial charge in [0.15, 0.2) is 5.65 Å². The lowest BCUT2D eigenvalue weighted by molar-refractivity contribution is 0.629. The molecule has 0 amide bonds. The Hall–Kier alpha value is -2.43. The molecule has 0 spiro atoms. The Balaban J connectivity index is 2.21. The van der Waals surface area contributed by atoms with Gasteiger partial charge in [-0.25, -0.2) is 13.9 Å². The first-order valence-corrected chi connectivity index (χ1v) is 5.51. The summed E-state index contributed by atoms with van der Waals surface area (Å²) in [4.78, 5) is 4.19. The SMILES string of the molecule is Cc1cnc2ccc(-c3cc(N)cc(F)c3)nn12. The highest BCUT2D eigenvalue weighted by Crippen LogP contribution is 2.21. The van der Waals surface area contributed by atoms with Gasteiger partial charge in [-0.1, -0.05) is 0 Å². The highest BCUT2D eigenvalue weighted by Gasteiger charge is 2.06. The minimum absolute atomic E-state index is 0.366. The maximum absolute atomic E-state index is 13.3. The summed E-state index contributed by atoms with van der Waals surface area (Å²) >= 11 is 0. The van der Waals surface area contributed by atoms with Gasteiger partial charge in [0.25, 0.3) is 0 Å². The van der Waals surface area contributed by atoms with Crippen LogP contribution in [-0.4, -0.2) is 14.6 Å². The largest absolute Gasteiger partial charge is 0.399 e. The number of rotatable bonds is 1. The van der Waals surface area contributed by atoms with Crippen molar-refractivity contribution in [2.24, 2.45) is 0 Å². The molecule has 0 saturated carbocycles. The first-order valence-electron chi connectivity index (χ1n) is 5.51. The van der Waals surface area contributed by atoms with E-state index in [1.54, 1.807) is 22.8 Å². The molecule has 2 aromatic heterocycles. The van der Waals surface area contributed by atoms with Crippen molar-refractivity contribution in [2.75, 3.05) is 5.73 Å². The lowest BCUT2D eigenvalue weighted by atomic mass is 10.1. The summed E-state index contributed by atoms with van der Waals surface area (Å²) in [7, 11) is 0. The van der Waals surface area contributed by atoms with Gasteiger partial charge in [0.05, 0.1) is 17.6 Å². The number of nitrogen functional groups attached to an aromatic ring is 1. The molecule has 2 N–H and O–H groups in total. The Morgan fingerprint density at radius 3 is 2.83 bits per heavy atom. The average molecular weight is 242 g/mol. The Kier molecular flexibility index (Phi) is 2.26. The van der Waals surface area contributed by atoms with Crippen LogP contribution < -0.4 is 5.73 Å². The van der Waals surface area contributed by atoms with Crippen LogP contribution in [0.5, 0.6) is 0 Å². The van der Waals surface area contributed by atoms with Crippen LogP contribution in [0.3, 0.4) is 0 Å².